The van der Waals surface area contributed by atoms with Gasteiger partial charge in [0.25, 0.3) is 0 Å². The van der Waals surface area contributed by atoms with Crippen molar-refractivity contribution in [2.75, 3.05) is 18.0 Å². The number of nitrogens with zero attached hydrogens (tertiary/aromatic N) is 3. The SMILES string of the molecule is CC1=CCN(c2nccnc2CN)CC1. The highest BCUT2D eigenvalue weighted by Crippen LogP contribution is 2.19. The molecule has 2 N–H and O–H groups in total. The van der Waals surface area contributed by atoms with E-state index < -0.39 is 0 Å². The molecule has 0 aromatic carbocycles. The van der Waals surface area contributed by atoms with Crippen LogP contribution in [-0.2, 0) is 6.54 Å². The summed E-state index contributed by atoms with van der Waals surface area (Å²) in [4.78, 5) is 10.8. The van der Waals surface area contributed by atoms with Gasteiger partial charge in [0.15, 0.2) is 5.82 Å². The minimum atomic E-state index is 0.447. The van der Waals surface area contributed by atoms with Crippen LogP contribution in [0.5, 0.6) is 0 Å². The van der Waals surface area contributed by atoms with Gasteiger partial charge >= 0.3 is 0 Å². The zero-order valence-electron chi connectivity index (χ0n) is 8.98. The predicted molar refractivity (Wildman–Crippen MR) is 60.5 cm³/mol. The third-order valence-electron chi connectivity index (χ3n) is 2.68. The summed E-state index contributed by atoms with van der Waals surface area (Å²) < 4.78 is 0. The summed E-state index contributed by atoms with van der Waals surface area (Å²) in [6.07, 6.45) is 6.75. The standard InChI is InChI=1S/C11H16N4/c1-9-2-6-15(7-3-9)11-10(8-12)13-4-5-14-11/h2,4-5H,3,6-8,12H2,1H3. The molecule has 4 nitrogen and oxygen atoms in total. The Morgan fingerprint density at radius 1 is 1.40 bits per heavy atom. The third-order valence-corrected chi connectivity index (χ3v) is 2.68. The van der Waals surface area contributed by atoms with E-state index in [1.54, 1.807) is 12.4 Å². The van der Waals surface area contributed by atoms with Crippen LogP contribution in [0.25, 0.3) is 0 Å². The fourth-order valence-electron chi connectivity index (χ4n) is 1.73. The summed E-state index contributed by atoms with van der Waals surface area (Å²) in [7, 11) is 0. The second kappa shape index (κ2) is 4.40. The number of aromatic nitrogens is 2. The molecule has 0 unspecified atom stereocenters. The lowest BCUT2D eigenvalue weighted by atomic mass is 10.1. The van der Waals surface area contributed by atoms with Gasteiger partial charge in [0, 0.05) is 32.0 Å². The van der Waals surface area contributed by atoms with Gasteiger partial charge in [-0.2, -0.15) is 0 Å². The van der Waals surface area contributed by atoms with Crippen molar-refractivity contribution in [3.63, 3.8) is 0 Å². The lowest BCUT2D eigenvalue weighted by Gasteiger charge is -2.27. The van der Waals surface area contributed by atoms with Crippen LogP contribution in [0.1, 0.15) is 19.0 Å². The maximum atomic E-state index is 5.64. The van der Waals surface area contributed by atoms with Crippen molar-refractivity contribution in [1.82, 2.24) is 9.97 Å². The minimum absolute atomic E-state index is 0.447. The van der Waals surface area contributed by atoms with Crippen molar-refractivity contribution in [2.45, 2.75) is 19.9 Å². The van der Waals surface area contributed by atoms with Crippen molar-refractivity contribution in [1.29, 1.82) is 0 Å². The number of rotatable bonds is 2. The van der Waals surface area contributed by atoms with Gasteiger partial charge in [-0.25, -0.2) is 4.98 Å². The Labute approximate surface area is 89.8 Å². The first-order valence-corrected chi connectivity index (χ1v) is 5.22. The molecule has 4 heteroatoms. The van der Waals surface area contributed by atoms with Crippen LogP contribution in [0.15, 0.2) is 24.0 Å². The molecule has 0 fully saturated rings. The van der Waals surface area contributed by atoms with E-state index in [-0.39, 0.29) is 0 Å². The van der Waals surface area contributed by atoms with Crippen LogP contribution in [0.2, 0.25) is 0 Å². The molecule has 1 aromatic rings. The fourth-order valence-corrected chi connectivity index (χ4v) is 1.73. The smallest absolute Gasteiger partial charge is 0.151 e. The highest BCUT2D eigenvalue weighted by atomic mass is 15.2. The average molecular weight is 204 g/mol. The average Bonchev–Trinajstić information content (AvgIpc) is 2.30. The van der Waals surface area contributed by atoms with Gasteiger partial charge in [-0.05, 0) is 13.3 Å². The van der Waals surface area contributed by atoms with Gasteiger partial charge in [0.2, 0.25) is 0 Å². The Morgan fingerprint density at radius 2 is 2.20 bits per heavy atom. The third kappa shape index (κ3) is 2.15. The van der Waals surface area contributed by atoms with Crippen molar-refractivity contribution in [3.8, 4) is 0 Å². The zero-order chi connectivity index (χ0) is 10.7. The highest BCUT2D eigenvalue weighted by Gasteiger charge is 2.14. The van der Waals surface area contributed by atoms with E-state index in [0.29, 0.717) is 6.54 Å². The van der Waals surface area contributed by atoms with Gasteiger partial charge in [0.05, 0.1) is 5.69 Å². The number of anilines is 1. The first kappa shape index (κ1) is 10.1. The van der Waals surface area contributed by atoms with Crippen LogP contribution >= 0.6 is 0 Å². The van der Waals surface area contributed by atoms with Gasteiger partial charge in [-0.1, -0.05) is 11.6 Å². The maximum Gasteiger partial charge on any atom is 0.151 e. The van der Waals surface area contributed by atoms with Crippen molar-refractivity contribution in [2.24, 2.45) is 5.73 Å². The molecule has 1 aromatic heterocycles. The molecular formula is C11H16N4. The van der Waals surface area contributed by atoms with E-state index >= 15 is 0 Å². The molecule has 0 atom stereocenters. The lowest BCUT2D eigenvalue weighted by molar-refractivity contribution is 0.760. The van der Waals surface area contributed by atoms with E-state index in [0.717, 1.165) is 31.0 Å². The van der Waals surface area contributed by atoms with E-state index in [1.165, 1.54) is 5.57 Å². The quantitative estimate of drug-likeness (QED) is 0.733. The Kier molecular flexibility index (Phi) is 2.97. The molecule has 0 saturated carbocycles. The molecule has 0 radical (unpaired) electrons. The summed E-state index contributed by atoms with van der Waals surface area (Å²) in [5, 5.41) is 0. The Morgan fingerprint density at radius 3 is 2.87 bits per heavy atom. The number of hydrogen-bond donors (Lipinski definition) is 1. The van der Waals surface area contributed by atoms with Crippen LogP contribution in [0.4, 0.5) is 5.82 Å². The van der Waals surface area contributed by atoms with E-state index in [2.05, 4.69) is 27.9 Å². The summed E-state index contributed by atoms with van der Waals surface area (Å²) in [6, 6.07) is 0. The van der Waals surface area contributed by atoms with Crippen LogP contribution in [-0.4, -0.2) is 23.1 Å². The molecular weight excluding hydrogens is 188 g/mol. The molecule has 1 aliphatic heterocycles. The molecule has 15 heavy (non-hydrogen) atoms. The molecule has 80 valence electrons. The van der Waals surface area contributed by atoms with Crippen LogP contribution in [0, 0.1) is 0 Å². The summed E-state index contributed by atoms with van der Waals surface area (Å²) in [5.74, 6) is 0.934. The minimum Gasteiger partial charge on any atom is -0.351 e. The second-order valence-corrected chi connectivity index (χ2v) is 3.78. The molecule has 1 aliphatic rings. The first-order chi connectivity index (χ1) is 7.31. The Bertz CT molecular complexity index is 373. The summed E-state index contributed by atoms with van der Waals surface area (Å²) in [5.41, 5.74) is 7.97. The van der Waals surface area contributed by atoms with E-state index in [9.17, 15) is 0 Å². The predicted octanol–water partition coefficient (Wildman–Crippen LogP) is 1.09. The molecule has 2 rings (SSSR count). The summed E-state index contributed by atoms with van der Waals surface area (Å²) >= 11 is 0. The molecule has 0 amide bonds. The largest absolute Gasteiger partial charge is 0.351 e. The highest BCUT2D eigenvalue weighted by molar-refractivity contribution is 5.45. The number of hydrogen-bond acceptors (Lipinski definition) is 4. The topological polar surface area (TPSA) is 55.0 Å². The Balaban J connectivity index is 2.22. The molecule has 0 spiro atoms. The fraction of sp³-hybridized carbons (Fsp3) is 0.455. The molecule has 0 saturated heterocycles. The zero-order valence-corrected chi connectivity index (χ0v) is 8.98. The van der Waals surface area contributed by atoms with Crippen LogP contribution in [0.3, 0.4) is 0 Å². The monoisotopic (exact) mass is 204 g/mol. The van der Waals surface area contributed by atoms with Gasteiger partial charge < -0.3 is 10.6 Å². The second-order valence-electron chi connectivity index (χ2n) is 3.78. The molecule has 0 aliphatic carbocycles. The normalized spacial score (nSPS) is 16.4. The Hall–Kier alpha value is -1.42. The van der Waals surface area contributed by atoms with Gasteiger partial charge in [-0.3, -0.25) is 4.98 Å². The maximum absolute atomic E-state index is 5.64. The van der Waals surface area contributed by atoms with Crippen molar-refractivity contribution in [3.05, 3.63) is 29.7 Å². The van der Waals surface area contributed by atoms with E-state index in [1.807, 2.05) is 0 Å². The molecule has 0 bridgehead atoms. The summed E-state index contributed by atoms with van der Waals surface area (Å²) in [6.45, 7) is 4.53. The molecule has 2 heterocycles. The van der Waals surface area contributed by atoms with Crippen molar-refractivity contribution >= 4 is 5.82 Å². The van der Waals surface area contributed by atoms with Gasteiger partial charge in [-0.15, -0.1) is 0 Å². The van der Waals surface area contributed by atoms with E-state index in [4.69, 9.17) is 5.73 Å². The van der Waals surface area contributed by atoms with Crippen molar-refractivity contribution < 1.29 is 0 Å². The first-order valence-electron chi connectivity index (χ1n) is 5.22. The number of nitrogens with two attached hydrogens (primary N) is 1. The van der Waals surface area contributed by atoms with Crippen LogP contribution < -0.4 is 10.6 Å². The van der Waals surface area contributed by atoms with Gasteiger partial charge in [0.1, 0.15) is 0 Å². The lowest BCUT2D eigenvalue weighted by Crippen LogP contribution is -2.30.